The third kappa shape index (κ3) is 4.15. The number of hydrogen-bond acceptors (Lipinski definition) is 4. The zero-order valence-corrected chi connectivity index (χ0v) is 12.9. The molecule has 0 aliphatic heterocycles. The fourth-order valence-electron chi connectivity index (χ4n) is 2.36. The monoisotopic (exact) mass is 317 g/mol. The van der Waals surface area contributed by atoms with Crippen LogP contribution in [0.1, 0.15) is 19.8 Å². The molecule has 0 unspecified atom stereocenters. The van der Waals surface area contributed by atoms with Crippen molar-refractivity contribution in [2.24, 2.45) is 0 Å². The van der Waals surface area contributed by atoms with Crippen LogP contribution in [0.2, 0.25) is 0 Å². The molecule has 2 rings (SSSR count). The average Bonchev–Trinajstić information content (AvgIpc) is 2.53. The Kier molecular flexibility index (Phi) is 5.46. The molecule has 1 amide bonds. The van der Waals surface area contributed by atoms with Crippen molar-refractivity contribution in [3.05, 3.63) is 40.9 Å². The number of carboxylic acid groups (broad SMARTS) is 1. The van der Waals surface area contributed by atoms with Gasteiger partial charge in [-0.15, -0.1) is 0 Å². The molecule has 1 aromatic carbocycles. The molecule has 0 aliphatic carbocycles. The number of aromatic nitrogens is 2. The Labute approximate surface area is 133 Å². The van der Waals surface area contributed by atoms with Gasteiger partial charge in [-0.1, -0.05) is 19.1 Å². The van der Waals surface area contributed by atoms with Crippen molar-refractivity contribution in [1.29, 1.82) is 0 Å². The van der Waals surface area contributed by atoms with Gasteiger partial charge >= 0.3 is 5.97 Å². The number of fused-ring (bicyclic) bond motifs is 1. The summed E-state index contributed by atoms with van der Waals surface area (Å²) < 4.78 is 1.38. The lowest BCUT2D eigenvalue weighted by Crippen LogP contribution is -2.37. The summed E-state index contributed by atoms with van der Waals surface area (Å²) in [5.41, 5.74) is 0.405. The molecule has 0 saturated carbocycles. The maximum absolute atomic E-state index is 12.3. The highest BCUT2D eigenvalue weighted by Crippen LogP contribution is 2.05. The van der Waals surface area contributed by atoms with E-state index < -0.39 is 5.97 Å². The van der Waals surface area contributed by atoms with Gasteiger partial charge in [-0.05, 0) is 18.6 Å². The fourth-order valence-corrected chi connectivity index (χ4v) is 2.36. The first-order valence-electron chi connectivity index (χ1n) is 7.46. The molecule has 0 atom stereocenters. The van der Waals surface area contributed by atoms with Crippen LogP contribution in [-0.4, -0.2) is 44.5 Å². The molecule has 0 radical (unpaired) electrons. The largest absolute Gasteiger partial charge is 0.480 e. The van der Waals surface area contributed by atoms with Gasteiger partial charge in [-0.3, -0.25) is 19.0 Å². The van der Waals surface area contributed by atoms with Crippen molar-refractivity contribution >= 4 is 22.8 Å². The van der Waals surface area contributed by atoms with Crippen molar-refractivity contribution in [1.82, 2.24) is 14.5 Å². The van der Waals surface area contributed by atoms with Crippen molar-refractivity contribution in [2.45, 2.75) is 26.3 Å². The van der Waals surface area contributed by atoms with E-state index in [2.05, 4.69) is 4.98 Å². The van der Waals surface area contributed by atoms with E-state index in [9.17, 15) is 14.4 Å². The highest BCUT2D eigenvalue weighted by Gasteiger charge is 2.16. The molecule has 0 fully saturated rings. The van der Waals surface area contributed by atoms with Crippen LogP contribution in [0.5, 0.6) is 0 Å². The van der Waals surface area contributed by atoms with Crippen LogP contribution in [0.3, 0.4) is 0 Å². The van der Waals surface area contributed by atoms with Crippen LogP contribution >= 0.6 is 0 Å². The number of amides is 1. The molecule has 1 aromatic heterocycles. The smallest absolute Gasteiger partial charge is 0.323 e. The Bertz CT molecular complexity index is 769. The molecule has 1 N–H and O–H groups in total. The molecule has 0 aliphatic rings. The Morgan fingerprint density at radius 2 is 2.04 bits per heavy atom. The van der Waals surface area contributed by atoms with Crippen LogP contribution in [0.15, 0.2) is 35.4 Å². The zero-order valence-electron chi connectivity index (χ0n) is 12.9. The third-order valence-corrected chi connectivity index (χ3v) is 3.47. The number of carbonyl (C=O) groups excluding carboxylic acids is 1. The topological polar surface area (TPSA) is 92.5 Å². The van der Waals surface area contributed by atoms with Crippen molar-refractivity contribution < 1.29 is 14.7 Å². The van der Waals surface area contributed by atoms with Gasteiger partial charge in [0.15, 0.2) is 0 Å². The summed E-state index contributed by atoms with van der Waals surface area (Å²) in [4.78, 5) is 40.8. The quantitative estimate of drug-likeness (QED) is 0.826. The van der Waals surface area contributed by atoms with E-state index in [0.717, 1.165) is 0 Å². The predicted octanol–water partition coefficient (Wildman–Crippen LogP) is 1.11. The Morgan fingerprint density at radius 1 is 1.30 bits per heavy atom. The van der Waals surface area contributed by atoms with Crippen molar-refractivity contribution in [3.63, 3.8) is 0 Å². The molecule has 0 saturated heterocycles. The first-order chi connectivity index (χ1) is 11.0. The highest BCUT2D eigenvalue weighted by atomic mass is 16.4. The zero-order chi connectivity index (χ0) is 16.8. The second-order valence-corrected chi connectivity index (χ2v) is 5.22. The summed E-state index contributed by atoms with van der Waals surface area (Å²) >= 11 is 0. The lowest BCUT2D eigenvalue weighted by atomic mass is 10.2. The SMILES string of the molecule is CCCN(CC(=O)O)C(=O)CCn1cnc2ccccc2c1=O. The van der Waals surface area contributed by atoms with Crippen LogP contribution in [0.4, 0.5) is 0 Å². The van der Waals surface area contributed by atoms with E-state index in [-0.39, 0.29) is 31.0 Å². The van der Waals surface area contributed by atoms with E-state index >= 15 is 0 Å². The number of para-hydroxylation sites is 1. The van der Waals surface area contributed by atoms with Crippen LogP contribution in [0, 0.1) is 0 Å². The molecule has 7 nitrogen and oxygen atoms in total. The summed E-state index contributed by atoms with van der Waals surface area (Å²) in [5, 5.41) is 9.35. The highest BCUT2D eigenvalue weighted by molar-refractivity contribution is 5.81. The molecule has 7 heteroatoms. The number of benzene rings is 1. The van der Waals surface area contributed by atoms with Gasteiger partial charge in [0, 0.05) is 19.5 Å². The molecular weight excluding hydrogens is 298 g/mol. The number of carbonyl (C=O) groups is 2. The Balaban J connectivity index is 2.10. The van der Waals surface area contributed by atoms with Gasteiger partial charge < -0.3 is 10.0 Å². The van der Waals surface area contributed by atoms with Crippen LogP contribution in [-0.2, 0) is 16.1 Å². The number of aryl methyl sites for hydroxylation is 1. The molecular formula is C16H19N3O4. The second kappa shape index (κ2) is 7.53. The lowest BCUT2D eigenvalue weighted by Gasteiger charge is -2.20. The Hall–Kier alpha value is -2.70. The maximum atomic E-state index is 12.3. The van der Waals surface area contributed by atoms with Crippen LogP contribution < -0.4 is 5.56 Å². The summed E-state index contributed by atoms with van der Waals surface area (Å²) in [7, 11) is 0. The van der Waals surface area contributed by atoms with Crippen molar-refractivity contribution in [3.8, 4) is 0 Å². The van der Waals surface area contributed by atoms with Gasteiger partial charge in [-0.2, -0.15) is 0 Å². The summed E-state index contributed by atoms with van der Waals surface area (Å²) in [6.45, 7) is 2.11. The molecule has 0 bridgehead atoms. The number of hydrogen-bond donors (Lipinski definition) is 1. The van der Waals surface area contributed by atoms with Gasteiger partial charge in [0.2, 0.25) is 5.91 Å². The maximum Gasteiger partial charge on any atom is 0.323 e. The predicted molar refractivity (Wildman–Crippen MR) is 85.1 cm³/mol. The van der Waals surface area contributed by atoms with E-state index in [4.69, 9.17) is 5.11 Å². The van der Waals surface area contributed by atoms with Crippen molar-refractivity contribution in [2.75, 3.05) is 13.1 Å². The summed E-state index contributed by atoms with van der Waals surface area (Å²) in [6, 6.07) is 7.01. The van der Waals surface area contributed by atoms with E-state index in [0.29, 0.717) is 23.9 Å². The average molecular weight is 317 g/mol. The van der Waals surface area contributed by atoms with Crippen LogP contribution in [0.25, 0.3) is 10.9 Å². The minimum absolute atomic E-state index is 0.0627. The molecule has 1 heterocycles. The van der Waals surface area contributed by atoms with E-state index in [1.807, 2.05) is 6.92 Å². The number of carboxylic acids is 1. The first kappa shape index (κ1) is 16.7. The van der Waals surface area contributed by atoms with Gasteiger partial charge in [0.25, 0.3) is 5.56 Å². The minimum Gasteiger partial charge on any atom is -0.480 e. The van der Waals surface area contributed by atoms with Gasteiger partial charge in [0.05, 0.1) is 17.2 Å². The molecule has 2 aromatic rings. The normalized spacial score (nSPS) is 10.7. The second-order valence-electron chi connectivity index (χ2n) is 5.22. The number of rotatable bonds is 7. The number of nitrogens with zero attached hydrogens (tertiary/aromatic N) is 3. The van der Waals surface area contributed by atoms with E-state index in [1.54, 1.807) is 24.3 Å². The standard InChI is InChI=1S/C16H19N3O4/c1-2-8-18(10-15(21)22)14(20)7-9-19-11-17-13-6-4-3-5-12(13)16(19)23/h3-6,11H,2,7-10H2,1H3,(H,21,22). The molecule has 122 valence electrons. The molecule has 23 heavy (non-hydrogen) atoms. The van der Waals surface area contributed by atoms with Gasteiger partial charge in [0.1, 0.15) is 6.54 Å². The summed E-state index contributed by atoms with van der Waals surface area (Å²) in [5.74, 6) is -1.33. The van der Waals surface area contributed by atoms with E-state index in [1.165, 1.54) is 15.8 Å². The lowest BCUT2D eigenvalue weighted by molar-refractivity contribution is -0.144. The first-order valence-corrected chi connectivity index (χ1v) is 7.46. The summed E-state index contributed by atoms with van der Waals surface area (Å²) in [6.07, 6.45) is 2.16. The Morgan fingerprint density at radius 3 is 2.74 bits per heavy atom. The minimum atomic E-state index is -1.05. The van der Waals surface area contributed by atoms with Gasteiger partial charge in [-0.25, -0.2) is 4.98 Å². The third-order valence-electron chi connectivity index (χ3n) is 3.47. The molecule has 0 spiro atoms. The fraction of sp³-hybridized carbons (Fsp3) is 0.375. The number of aliphatic carboxylic acids is 1.